The molecule has 0 aliphatic carbocycles. The van der Waals surface area contributed by atoms with E-state index in [4.69, 9.17) is 10.3 Å². The van der Waals surface area contributed by atoms with Crippen LogP contribution in [0.15, 0.2) is 72.8 Å². The molecule has 0 bridgehead atoms. The first kappa shape index (κ1) is 20.6. The molecule has 0 fully saturated rings. The molecule has 2 N–H and O–H groups in total. The van der Waals surface area contributed by atoms with Crippen LogP contribution < -0.4 is 5.48 Å². The smallest absolute Gasteiger partial charge is 0.274 e. The Labute approximate surface area is 190 Å². The molecular formula is C25H22N6O2. The van der Waals surface area contributed by atoms with Crippen molar-refractivity contribution in [3.8, 4) is 22.5 Å². The summed E-state index contributed by atoms with van der Waals surface area (Å²) >= 11 is 0. The van der Waals surface area contributed by atoms with E-state index >= 15 is 0 Å². The van der Waals surface area contributed by atoms with Crippen LogP contribution in [0.3, 0.4) is 0 Å². The molecule has 8 nitrogen and oxygen atoms in total. The topological polar surface area (TPSA) is 97.9 Å². The van der Waals surface area contributed by atoms with E-state index in [1.165, 1.54) is 5.56 Å². The molecule has 164 valence electrons. The molecule has 0 unspecified atom stereocenters. The number of nitrogens with zero attached hydrogens (tertiary/aromatic N) is 5. The second-order valence-electron chi connectivity index (χ2n) is 7.99. The molecule has 2 aromatic heterocycles. The number of amides is 1. The third-order valence-electron chi connectivity index (χ3n) is 5.68. The predicted octanol–water partition coefficient (Wildman–Crippen LogP) is 3.97. The molecule has 1 amide bonds. The minimum absolute atomic E-state index is 0.387. The number of nitrogens with one attached hydrogen (secondary N) is 1. The van der Waals surface area contributed by atoms with Crippen LogP contribution in [-0.2, 0) is 13.6 Å². The van der Waals surface area contributed by atoms with E-state index < -0.39 is 5.91 Å². The highest BCUT2D eigenvalue weighted by atomic mass is 16.5. The zero-order valence-electron chi connectivity index (χ0n) is 18.2. The van der Waals surface area contributed by atoms with Crippen LogP contribution in [0.25, 0.3) is 33.5 Å². The zero-order valence-corrected chi connectivity index (χ0v) is 18.2. The minimum Gasteiger partial charge on any atom is -0.288 e. The van der Waals surface area contributed by atoms with Gasteiger partial charge in [0.2, 0.25) is 0 Å². The molecule has 0 saturated carbocycles. The second-order valence-corrected chi connectivity index (χ2v) is 7.99. The van der Waals surface area contributed by atoms with Crippen molar-refractivity contribution in [2.45, 2.75) is 13.5 Å². The first-order chi connectivity index (χ1) is 16.0. The van der Waals surface area contributed by atoms with Crippen LogP contribution in [0.2, 0.25) is 0 Å². The van der Waals surface area contributed by atoms with Crippen molar-refractivity contribution in [2.75, 3.05) is 0 Å². The van der Waals surface area contributed by atoms with Gasteiger partial charge in [-0.15, -0.1) is 5.10 Å². The molecule has 0 spiro atoms. The van der Waals surface area contributed by atoms with Gasteiger partial charge >= 0.3 is 0 Å². The number of carbonyl (C=O) groups excluding carboxylic acids is 1. The number of rotatable bonds is 5. The lowest BCUT2D eigenvalue weighted by atomic mass is 10.1. The number of hydroxylamine groups is 1. The summed E-state index contributed by atoms with van der Waals surface area (Å²) in [5.41, 5.74) is 9.85. The van der Waals surface area contributed by atoms with E-state index in [0.717, 1.165) is 39.1 Å². The number of benzene rings is 3. The van der Waals surface area contributed by atoms with Gasteiger partial charge in [0, 0.05) is 18.2 Å². The molecule has 2 heterocycles. The van der Waals surface area contributed by atoms with E-state index in [-0.39, 0.29) is 0 Å². The van der Waals surface area contributed by atoms with Gasteiger partial charge in [-0.1, -0.05) is 53.2 Å². The fourth-order valence-corrected chi connectivity index (χ4v) is 3.83. The first-order valence-corrected chi connectivity index (χ1v) is 10.5. The molecule has 0 radical (unpaired) electrons. The van der Waals surface area contributed by atoms with Gasteiger partial charge < -0.3 is 0 Å². The zero-order chi connectivity index (χ0) is 22.9. The van der Waals surface area contributed by atoms with Gasteiger partial charge in [-0.2, -0.15) is 5.10 Å². The molecule has 5 aromatic rings. The van der Waals surface area contributed by atoms with Crippen LogP contribution in [0.1, 0.15) is 21.5 Å². The maximum atomic E-state index is 11.6. The quantitative estimate of drug-likeness (QED) is 0.320. The van der Waals surface area contributed by atoms with Gasteiger partial charge in [0.25, 0.3) is 5.91 Å². The van der Waals surface area contributed by atoms with Crippen LogP contribution in [0.5, 0.6) is 0 Å². The number of aryl methyl sites for hydroxylation is 2. The van der Waals surface area contributed by atoms with Crippen molar-refractivity contribution in [3.63, 3.8) is 0 Å². The number of aromatic nitrogens is 5. The Morgan fingerprint density at radius 2 is 1.70 bits per heavy atom. The van der Waals surface area contributed by atoms with Crippen molar-refractivity contribution in [1.82, 2.24) is 30.3 Å². The van der Waals surface area contributed by atoms with Crippen molar-refractivity contribution in [1.29, 1.82) is 0 Å². The Hall–Kier alpha value is -4.30. The fraction of sp³-hybridized carbons (Fsp3) is 0.120. The van der Waals surface area contributed by atoms with E-state index in [9.17, 15) is 4.79 Å². The molecule has 8 heteroatoms. The SMILES string of the molecule is Cc1ccc(-c2cc(-c3ccc4c(c3)nnn4C)nn2Cc2ccc(C(=O)NO)cc2)cc1. The number of hydrogen-bond donors (Lipinski definition) is 2. The maximum absolute atomic E-state index is 11.6. The van der Waals surface area contributed by atoms with Crippen LogP contribution >= 0.6 is 0 Å². The summed E-state index contributed by atoms with van der Waals surface area (Å²) in [5.74, 6) is -0.539. The highest BCUT2D eigenvalue weighted by Gasteiger charge is 2.14. The molecule has 0 saturated heterocycles. The number of fused-ring (bicyclic) bond motifs is 1. The van der Waals surface area contributed by atoms with Gasteiger partial charge in [0.05, 0.1) is 23.4 Å². The summed E-state index contributed by atoms with van der Waals surface area (Å²) in [6, 6.07) is 23.5. The average molecular weight is 438 g/mol. The van der Waals surface area contributed by atoms with Gasteiger partial charge in [0.1, 0.15) is 5.52 Å². The average Bonchev–Trinajstić information content (AvgIpc) is 3.43. The Kier molecular flexibility index (Phi) is 5.20. The van der Waals surface area contributed by atoms with Crippen LogP contribution in [0, 0.1) is 6.92 Å². The Morgan fingerprint density at radius 3 is 2.42 bits per heavy atom. The predicted molar refractivity (Wildman–Crippen MR) is 125 cm³/mol. The largest absolute Gasteiger partial charge is 0.288 e. The number of hydrogen-bond acceptors (Lipinski definition) is 5. The summed E-state index contributed by atoms with van der Waals surface area (Å²) in [7, 11) is 1.87. The molecule has 0 aliphatic heterocycles. The molecular weight excluding hydrogens is 416 g/mol. The lowest BCUT2D eigenvalue weighted by Crippen LogP contribution is -2.18. The van der Waals surface area contributed by atoms with Crippen molar-refractivity contribution < 1.29 is 10.0 Å². The van der Waals surface area contributed by atoms with Gasteiger partial charge in [-0.3, -0.25) is 14.7 Å². The fourth-order valence-electron chi connectivity index (χ4n) is 3.83. The summed E-state index contributed by atoms with van der Waals surface area (Å²) in [6.07, 6.45) is 0. The number of carbonyl (C=O) groups is 1. The second kappa shape index (κ2) is 8.33. The van der Waals surface area contributed by atoms with Crippen molar-refractivity contribution in [2.24, 2.45) is 7.05 Å². The third-order valence-corrected chi connectivity index (χ3v) is 5.68. The van der Waals surface area contributed by atoms with Gasteiger partial charge in [-0.25, -0.2) is 10.2 Å². The summed E-state index contributed by atoms with van der Waals surface area (Å²) in [5, 5.41) is 22.0. The van der Waals surface area contributed by atoms with E-state index in [1.807, 2.05) is 42.1 Å². The third kappa shape index (κ3) is 3.99. The first-order valence-electron chi connectivity index (χ1n) is 10.5. The standard InChI is InChI=1S/C25H22N6O2/c1-16-3-7-18(8-4-16)24-14-21(20-11-12-23-22(13-20)26-29-30(23)2)27-31(24)15-17-5-9-19(10-6-17)25(32)28-33/h3-14,33H,15H2,1-2H3,(H,28,32). The molecule has 0 aliphatic rings. The van der Waals surface area contributed by atoms with E-state index in [2.05, 4.69) is 47.6 Å². The van der Waals surface area contributed by atoms with Crippen molar-refractivity contribution in [3.05, 3.63) is 89.5 Å². The summed E-state index contributed by atoms with van der Waals surface area (Å²) in [6.45, 7) is 2.59. The molecule has 3 aromatic carbocycles. The summed E-state index contributed by atoms with van der Waals surface area (Å²) in [4.78, 5) is 11.6. The molecule has 0 atom stereocenters. The lowest BCUT2D eigenvalue weighted by molar-refractivity contribution is 0.0706. The monoisotopic (exact) mass is 438 g/mol. The van der Waals surface area contributed by atoms with E-state index in [0.29, 0.717) is 12.1 Å². The van der Waals surface area contributed by atoms with Crippen LogP contribution in [-0.4, -0.2) is 35.9 Å². The van der Waals surface area contributed by atoms with E-state index in [1.54, 1.807) is 22.3 Å². The Morgan fingerprint density at radius 1 is 0.970 bits per heavy atom. The highest BCUT2D eigenvalue weighted by molar-refractivity contribution is 5.93. The van der Waals surface area contributed by atoms with Crippen LogP contribution in [0.4, 0.5) is 0 Å². The lowest BCUT2D eigenvalue weighted by Gasteiger charge is -2.09. The van der Waals surface area contributed by atoms with Gasteiger partial charge in [0.15, 0.2) is 0 Å². The van der Waals surface area contributed by atoms with Crippen molar-refractivity contribution >= 4 is 16.9 Å². The maximum Gasteiger partial charge on any atom is 0.274 e. The normalized spacial score (nSPS) is 11.1. The highest BCUT2D eigenvalue weighted by Crippen LogP contribution is 2.29. The Balaban J connectivity index is 1.55. The summed E-state index contributed by atoms with van der Waals surface area (Å²) < 4.78 is 3.71. The molecule has 33 heavy (non-hydrogen) atoms. The van der Waals surface area contributed by atoms with Gasteiger partial charge in [-0.05, 0) is 48.4 Å². The Bertz CT molecular complexity index is 1450. The molecule has 5 rings (SSSR count). The minimum atomic E-state index is -0.539.